The molecule has 25 heavy (non-hydrogen) atoms. The van der Waals surface area contributed by atoms with Gasteiger partial charge in [-0.15, -0.1) is 0 Å². The third kappa shape index (κ3) is 4.94. The van der Waals surface area contributed by atoms with E-state index in [-0.39, 0.29) is 23.1 Å². The normalized spacial score (nSPS) is 18.7. The smallest absolute Gasteiger partial charge is 0.345 e. The fourth-order valence-electron chi connectivity index (χ4n) is 2.36. The van der Waals surface area contributed by atoms with Crippen LogP contribution in [0, 0.1) is 5.92 Å². The van der Waals surface area contributed by atoms with Crippen molar-refractivity contribution in [3.05, 3.63) is 29.8 Å². The molecule has 6 nitrogen and oxygen atoms in total. The monoisotopic (exact) mass is 377 g/mol. The Hall–Kier alpha value is -2.10. The number of rotatable bonds is 5. The minimum absolute atomic E-state index is 0.0211. The molecule has 0 radical (unpaired) electrons. The molecule has 0 aliphatic carbocycles. The lowest BCUT2D eigenvalue weighted by Gasteiger charge is -2.16. The summed E-state index contributed by atoms with van der Waals surface area (Å²) in [5.41, 5.74) is 0.292. The van der Waals surface area contributed by atoms with E-state index in [1.54, 1.807) is 31.3 Å². The van der Waals surface area contributed by atoms with Crippen molar-refractivity contribution in [2.75, 3.05) is 6.54 Å². The predicted molar refractivity (Wildman–Crippen MR) is 85.6 cm³/mol. The Morgan fingerprint density at radius 2 is 1.92 bits per heavy atom. The van der Waals surface area contributed by atoms with Gasteiger partial charge in [-0.25, -0.2) is 8.42 Å². The highest BCUT2D eigenvalue weighted by Gasteiger charge is 2.33. The van der Waals surface area contributed by atoms with E-state index in [4.69, 9.17) is 0 Å². The number of sulfonamides is 1. The van der Waals surface area contributed by atoms with E-state index in [9.17, 15) is 26.4 Å². The van der Waals surface area contributed by atoms with Crippen LogP contribution in [0.3, 0.4) is 0 Å². The molecule has 0 saturated carbocycles. The SMILES string of the molecule is CC(C)C[C@H](N=C1NS(=O)(=O)c2ccccc21)C(=O)NCC(F)(F)F. The van der Waals surface area contributed by atoms with E-state index in [1.807, 2.05) is 0 Å². The Kier molecular flexibility index (Phi) is 5.40. The van der Waals surface area contributed by atoms with Crippen molar-refractivity contribution in [2.45, 2.75) is 37.4 Å². The van der Waals surface area contributed by atoms with Crippen LogP contribution in [0.2, 0.25) is 0 Å². The van der Waals surface area contributed by atoms with Crippen molar-refractivity contribution < 1.29 is 26.4 Å². The molecule has 1 aliphatic heterocycles. The van der Waals surface area contributed by atoms with Crippen LogP contribution in [-0.4, -0.2) is 38.9 Å². The number of fused-ring (bicyclic) bond motifs is 1. The maximum Gasteiger partial charge on any atom is 0.405 e. The Bertz CT molecular complexity index is 789. The number of aliphatic imine (C=N–C) groups is 1. The molecule has 1 aliphatic rings. The van der Waals surface area contributed by atoms with Crippen molar-refractivity contribution in [3.63, 3.8) is 0 Å². The highest BCUT2D eigenvalue weighted by molar-refractivity contribution is 7.90. The van der Waals surface area contributed by atoms with Gasteiger partial charge in [0, 0.05) is 5.56 Å². The number of benzene rings is 1. The Morgan fingerprint density at radius 3 is 2.52 bits per heavy atom. The van der Waals surface area contributed by atoms with Crippen LogP contribution >= 0.6 is 0 Å². The van der Waals surface area contributed by atoms with Crippen molar-refractivity contribution in [1.29, 1.82) is 0 Å². The van der Waals surface area contributed by atoms with Gasteiger partial charge in [0.1, 0.15) is 18.4 Å². The summed E-state index contributed by atoms with van der Waals surface area (Å²) in [5, 5.41) is 1.80. The molecule has 1 aromatic carbocycles. The van der Waals surface area contributed by atoms with E-state index in [1.165, 1.54) is 12.1 Å². The predicted octanol–water partition coefficient (Wildman–Crippen LogP) is 1.82. The summed E-state index contributed by atoms with van der Waals surface area (Å²) in [7, 11) is -3.78. The van der Waals surface area contributed by atoms with Crippen LogP contribution < -0.4 is 10.0 Å². The lowest BCUT2D eigenvalue weighted by Crippen LogP contribution is -2.41. The average Bonchev–Trinajstić information content (AvgIpc) is 2.74. The van der Waals surface area contributed by atoms with Gasteiger partial charge in [0.15, 0.2) is 0 Å². The van der Waals surface area contributed by atoms with Crippen molar-refractivity contribution in [3.8, 4) is 0 Å². The topological polar surface area (TPSA) is 87.6 Å². The molecule has 0 bridgehead atoms. The zero-order valence-corrected chi connectivity index (χ0v) is 14.4. The van der Waals surface area contributed by atoms with Crippen LogP contribution in [0.5, 0.6) is 0 Å². The summed E-state index contributed by atoms with van der Waals surface area (Å²) in [5.74, 6) is -0.968. The van der Waals surface area contributed by atoms with Gasteiger partial charge in [0.2, 0.25) is 5.91 Å². The first-order valence-corrected chi connectivity index (χ1v) is 9.02. The number of amides is 1. The fourth-order valence-corrected chi connectivity index (χ4v) is 3.59. The summed E-state index contributed by atoms with van der Waals surface area (Å²) < 4.78 is 63.3. The third-order valence-electron chi connectivity index (χ3n) is 3.41. The van der Waals surface area contributed by atoms with E-state index < -0.39 is 34.7 Å². The highest BCUT2D eigenvalue weighted by atomic mass is 32.2. The summed E-state index contributed by atoms with van der Waals surface area (Å²) in [4.78, 5) is 16.2. The Labute approximate surface area is 143 Å². The maximum atomic E-state index is 12.3. The largest absolute Gasteiger partial charge is 0.405 e. The number of carbonyl (C=O) groups excluding carboxylic acids is 1. The van der Waals surface area contributed by atoms with Crippen molar-refractivity contribution >= 4 is 21.8 Å². The van der Waals surface area contributed by atoms with Crippen molar-refractivity contribution in [1.82, 2.24) is 10.0 Å². The molecule has 1 atom stereocenters. The second-order valence-corrected chi connectivity index (χ2v) is 7.71. The first-order valence-electron chi connectivity index (χ1n) is 7.54. The second kappa shape index (κ2) is 7.03. The molecule has 0 saturated heterocycles. The van der Waals surface area contributed by atoms with Gasteiger partial charge >= 0.3 is 6.18 Å². The van der Waals surface area contributed by atoms with Gasteiger partial charge in [-0.05, 0) is 24.5 Å². The van der Waals surface area contributed by atoms with E-state index in [0.717, 1.165) is 0 Å². The number of amidine groups is 1. The zero-order valence-electron chi connectivity index (χ0n) is 13.6. The van der Waals surface area contributed by atoms with E-state index in [2.05, 4.69) is 9.71 Å². The molecule has 10 heteroatoms. The van der Waals surface area contributed by atoms with Crippen LogP contribution in [-0.2, 0) is 14.8 Å². The summed E-state index contributed by atoms with van der Waals surface area (Å²) >= 11 is 0. The number of nitrogens with zero attached hydrogens (tertiary/aromatic N) is 1. The molecule has 1 amide bonds. The molecular weight excluding hydrogens is 359 g/mol. The number of hydrogen-bond donors (Lipinski definition) is 2. The summed E-state index contributed by atoms with van der Waals surface area (Å²) in [6.07, 6.45) is -4.36. The standard InChI is InChI=1S/C15H18F3N3O3S/c1-9(2)7-11(14(22)19-8-15(16,17)18)20-13-10-5-3-4-6-12(10)25(23,24)21-13/h3-6,9,11H,7-8H2,1-2H3,(H,19,22)(H,20,21)/t11-/m0/s1. The number of halogens is 3. The minimum atomic E-state index is -4.53. The van der Waals surface area contributed by atoms with Gasteiger partial charge < -0.3 is 5.32 Å². The van der Waals surface area contributed by atoms with Crippen LogP contribution in [0.25, 0.3) is 0 Å². The van der Waals surface area contributed by atoms with Gasteiger partial charge in [-0.3, -0.25) is 14.5 Å². The zero-order chi connectivity index (χ0) is 18.8. The third-order valence-corrected chi connectivity index (χ3v) is 4.81. The number of nitrogens with one attached hydrogen (secondary N) is 2. The van der Waals surface area contributed by atoms with Crippen LogP contribution in [0.1, 0.15) is 25.8 Å². The maximum absolute atomic E-state index is 12.3. The average molecular weight is 377 g/mol. The van der Waals surface area contributed by atoms with E-state index >= 15 is 0 Å². The van der Waals surface area contributed by atoms with Crippen LogP contribution in [0.15, 0.2) is 34.2 Å². The molecular formula is C15H18F3N3O3S. The second-order valence-electron chi connectivity index (χ2n) is 6.06. The quantitative estimate of drug-likeness (QED) is 0.821. The van der Waals surface area contributed by atoms with Crippen LogP contribution in [0.4, 0.5) is 13.2 Å². The van der Waals surface area contributed by atoms with Crippen molar-refractivity contribution in [2.24, 2.45) is 10.9 Å². The minimum Gasteiger partial charge on any atom is -0.345 e. The lowest BCUT2D eigenvalue weighted by molar-refractivity contribution is -0.139. The van der Waals surface area contributed by atoms with E-state index in [0.29, 0.717) is 5.56 Å². The molecule has 0 fully saturated rings. The summed E-state index contributed by atoms with van der Waals surface area (Å²) in [6, 6.07) is 4.93. The lowest BCUT2D eigenvalue weighted by atomic mass is 10.0. The Morgan fingerprint density at radius 1 is 1.28 bits per heavy atom. The molecule has 2 N–H and O–H groups in total. The fraction of sp³-hybridized carbons (Fsp3) is 0.467. The molecule has 1 aromatic rings. The van der Waals surface area contributed by atoms with Gasteiger partial charge in [0.25, 0.3) is 10.0 Å². The highest BCUT2D eigenvalue weighted by Crippen LogP contribution is 2.23. The molecule has 0 unspecified atom stereocenters. The first-order chi connectivity index (χ1) is 11.5. The molecule has 0 spiro atoms. The molecule has 2 rings (SSSR count). The number of carbonyl (C=O) groups is 1. The summed E-state index contributed by atoms with van der Waals surface area (Å²) in [6.45, 7) is 2.11. The van der Waals surface area contributed by atoms with Gasteiger partial charge in [-0.1, -0.05) is 26.0 Å². The first kappa shape index (κ1) is 19.2. The van der Waals surface area contributed by atoms with Gasteiger partial charge in [-0.2, -0.15) is 13.2 Å². The molecule has 1 heterocycles. The number of alkyl halides is 3. The van der Waals surface area contributed by atoms with Gasteiger partial charge in [0.05, 0.1) is 4.90 Å². The number of hydrogen-bond acceptors (Lipinski definition) is 4. The molecule has 0 aromatic heterocycles. The molecule has 138 valence electrons. The Balaban J connectivity index is 2.31.